The number of benzene rings is 2. The van der Waals surface area contributed by atoms with Gasteiger partial charge in [-0.05, 0) is 29.8 Å². The second kappa shape index (κ2) is 9.44. The van der Waals surface area contributed by atoms with Gasteiger partial charge in [-0.25, -0.2) is 4.79 Å². The van der Waals surface area contributed by atoms with Gasteiger partial charge in [0.25, 0.3) is 11.6 Å². The number of hydrogen-bond acceptors (Lipinski definition) is 8. The van der Waals surface area contributed by atoms with E-state index in [4.69, 9.17) is 18.6 Å². The van der Waals surface area contributed by atoms with E-state index in [2.05, 4.69) is 5.32 Å². The lowest BCUT2D eigenvalue weighted by Gasteiger charge is -2.15. The van der Waals surface area contributed by atoms with Gasteiger partial charge in [-0.2, -0.15) is 0 Å². The van der Waals surface area contributed by atoms with Crippen molar-refractivity contribution >= 4 is 23.3 Å². The van der Waals surface area contributed by atoms with Crippen molar-refractivity contribution in [1.82, 2.24) is 0 Å². The van der Waals surface area contributed by atoms with Crippen molar-refractivity contribution in [3.8, 4) is 11.5 Å². The van der Waals surface area contributed by atoms with Gasteiger partial charge in [-0.15, -0.1) is 0 Å². The predicted octanol–water partition coefficient (Wildman–Crippen LogP) is 3.81. The lowest BCUT2D eigenvalue weighted by atomic mass is 10.1. The molecule has 0 saturated carbocycles. The van der Waals surface area contributed by atoms with E-state index in [-0.39, 0.29) is 35.1 Å². The summed E-state index contributed by atoms with van der Waals surface area (Å²) in [4.78, 5) is 35.4. The minimum absolute atomic E-state index is 0.0273. The molecule has 0 unspecified atom stereocenters. The molecule has 2 aromatic carbocycles. The van der Waals surface area contributed by atoms with E-state index in [1.54, 1.807) is 6.07 Å². The van der Waals surface area contributed by atoms with E-state index >= 15 is 0 Å². The van der Waals surface area contributed by atoms with Crippen molar-refractivity contribution in [3.63, 3.8) is 0 Å². The number of hydrogen-bond donors (Lipinski definition) is 1. The Hall–Kier alpha value is -4.34. The summed E-state index contributed by atoms with van der Waals surface area (Å²) in [7, 11) is 2.83. The highest BCUT2D eigenvalue weighted by Gasteiger charge is 2.21. The van der Waals surface area contributed by atoms with Gasteiger partial charge in [0.1, 0.15) is 6.61 Å². The standard InChI is InChI=1S/C21H18N2O8/c1-28-18-10-15(21(25)31-12-13-5-7-14(8-6-13)23(26)27)16(11-19(18)29-2)22-20(24)17-4-3-9-30-17/h3-11H,12H2,1-2H3,(H,22,24). The van der Waals surface area contributed by atoms with Gasteiger partial charge >= 0.3 is 5.97 Å². The second-order valence-corrected chi connectivity index (χ2v) is 6.18. The Balaban J connectivity index is 1.83. The number of carbonyl (C=O) groups is 2. The largest absolute Gasteiger partial charge is 0.493 e. The molecule has 0 atom stereocenters. The molecule has 0 radical (unpaired) electrons. The smallest absolute Gasteiger partial charge is 0.340 e. The van der Waals surface area contributed by atoms with E-state index in [1.165, 1.54) is 62.9 Å². The number of nitrogens with zero attached hydrogens (tertiary/aromatic N) is 1. The number of rotatable bonds is 8. The molecule has 1 aromatic heterocycles. The summed E-state index contributed by atoms with van der Waals surface area (Å²) in [5, 5.41) is 13.3. The number of non-ortho nitro benzene ring substituents is 1. The maximum atomic E-state index is 12.7. The van der Waals surface area contributed by atoms with Crippen LogP contribution in [0.15, 0.2) is 59.2 Å². The van der Waals surface area contributed by atoms with Crippen LogP contribution in [-0.2, 0) is 11.3 Å². The zero-order valence-electron chi connectivity index (χ0n) is 16.6. The van der Waals surface area contributed by atoms with E-state index in [1.807, 2.05) is 0 Å². The fraction of sp³-hybridized carbons (Fsp3) is 0.143. The maximum Gasteiger partial charge on any atom is 0.340 e. The third-order valence-electron chi connectivity index (χ3n) is 4.25. The van der Waals surface area contributed by atoms with Gasteiger partial charge in [0.2, 0.25) is 0 Å². The number of nitro groups is 1. The number of amides is 1. The third kappa shape index (κ3) is 4.99. The zero-order valence-corrected chi connectivity index (χ0v) is 16.6. The highest BCUT2D eigenvalue weighted by atomic mass is 16.6. The van der Waals surface area contributed by atoms with Crippen LogP contribution in [0.25, 0.3) is 0 Å². The molecule has 0 saturated heterocycles. The molecule has 10 heteroatoms. The van der Waals surface area contributed by atoms with Gasteiger partial charge in [-0.1, -0.05) is 0 Å². The van der Waals surface area contributed by atoms with Crippen LogP contribution in [-0.4, -0.2) is 31.0 Å². The fourth-order valence-corrected chi connectivity index (χ4v) is 2.68. The molecule has 10 nitrogen and oxygen atoms in total. The molecule has 1 heterocycles. The summed E-state index contributed by atoms with van der Waals surface area (Å²) in [6.45, 7) is -0.128. The van der Waals surface area contributed by atoms with Gasteiger partial charge < -0.3 is 23.9 Å². The van der Waals surface area contributed by atoms with Crippen LogP contribution in [0.4, 0.5) is 11.4 Å². The fourth-order valence-electron chi connectivity index (χ4n) is 2.68. The van der Waals surface area contributed by atoms with Crippen molar-refractivity contribution in [2.24, 2.45) is 0 Å². The molecule has 3 aromatic rings. The zero-order chi connectivity index (χ0) is 22.4. The number of furan rings is 1. The van der Waals surface area contributed by atoms with Crippen molar-refractivity contribution in [3.05, 3.63) is 81.8 Å². The second-order valence-electron chi connectivity index (χ2n) is 6.18. The minimum Gasteiger partial charge on any atom is -0.493 e. The third-order valence-corrected chi connectivity index (χ3v) is 4.25. The molecule has 1 N–H and O–H groups in total. The minimum atomic E-state index is -0.742. The SMILES string of the molecule is COc1cc(NC(=O)c2ccco2)c(C(=O)OCc2ccc([N+](=O)[O-])cc2)cc1OC. The van der Waals surface area contributed by atoms with Crippen LogP contribution in [0.5, 0.6) is 11.5 Å². The first-order chi connectivity index (χ1) is 14.9. The first-order valence-corrected chi connectivity index (χ1v) is 8.94. The molecule has 160 valence electrons. The monoisotopic (exact) mass is 426 g/mol. The predicted molar refractivity (Wildman–Crippen MR) is 108 cm³/mol. The molecule has 0 fully saturated rings. The first kappa shape index (κ1) is 21.4. The van der Waals surface area contributed by atoms with Crippen LogP contribution in [0.2, 0.25) is 0 Å². The Morgan fingerprint density at radius 2 is 1.74 bits per heavy atom. The lowest BCUT2D eigenvalue weighted by Crippen LogP contribution is -2.16. The van der Waals surface area contributed by atoms with Crippen molar-refractivity contribution in [2.75, 3.05) is 19.5 Å². The van der Waals surface area contributed by atoms with Crippen LogP contribution >= 0.6 is 0 Å². The summed E-state index contributed by atoms with van der Waals surface area (Å²) < 4.78 is 20.9. The van der Waals surface area contributed by atoms with Gasteiger partial charge in [0.15, 0.2) is 17.3 Å². The average molecular weight is 426 g/mol. The summed E-state index contributed by atoms with van der Waals surface area (Å²) in [6.07, 6.45) is 1.35. The lowest BCUT2D eigenvalue weighted by molar-refractivity contribution is -0.384. The number of carbonyl (C=O) groups excluding carboxylic acids is 2. The summed E-state index contributed by atoms with van der Waals surface area (Å²) >= 11 is 0. The highest BCUT2D eigenvalue weighted by Crippen LogP contribution is 2.34. The molecule has 0 spiro atoms. The van der Waals surface area contributed by atoms with Crippen LogP contribution in [0, 0.1) is 10.1 Å². The van der Waals surface area contributed by atoms with E-state index in [0.29, 0.717) is 11.3 Å². The van der Waals surface area contributed by atoms with Crippen LogP contribution < -0.4 is 14.8 Å². The maximum absolute atomic E-state index is 12.7. The molecule has 0 aliphatic heterocycles. The Morgan fingerprint density at radius 3 is 2.32 bits per heavy atom. The highest BCUT2D eigenvalue weighted by molar-refractivity contribution is 6.07. The van der Waals surface area contributed by atoms with Gasteiger partial charge in [0.05, 0.1) is 36.7 Å². The van der Waals surface area contributed by atoms with Crippen molar-refractivity contribution in [2.45, 2.75) is 6.61 Å². The molecule has 31 heavy (non-hydrogen) atoms. The Morgan fingerprint density at radius 1 is 1.06 bits per heavy atom. The van der Waals surface area contributed by atoms with Crippen LogP contribution in [0.3, 0.4) is 0 Å². The molecular weight excluding hydrogens is 408 g/mol. The van der Waals surface area contributed by atoms with Crippen molar-refractivity contribution in [1.29, 1.82) is 0 Å². The number of anilines is 1. The van der Waals surface area contributed by atoms with E-state index in [0.717, 1.165) is 0 Å². The van der Waals surface area contributed by atoms with Gasteiger partial charge in [0, 0.05) is 24.3 Å². The molecule has 1 amide bonds. The summed E-state index contributed by atoms with van der Waals surface area (Å²) in [6, 6.07) is 11.4. The summed E-state index contributed by atoms with van der Waals surface area (Å²) in [5.41, 5.74) is 0.644. The number of nitrogens with one attached hydrogen (secondary N) is 1. The average Bonchev–Trinajstić information content (AvgIpc) is 3.32. The first-order valence-electron chi connectivity index (χ1n) is 8.94. The van der Waals surface area contributed by atoms with E-state index in [9.17, 15) is 19.7 Å². The molecule has 0 bridgehead atoms. The number of ether oxygens (including phenoxy) is 3. The molecule has 3 rings (SSSR count). The Bertz CT molecular complexity index is 1090. The molecule has 0 aliphatic rings. The topological polar surface area (TPSA) is 130 Å². The number of esters is 1. The molecular formula is C21H18N2O8. The number of nitro benzene ring substituents is 1. The summed E-state index contributed by atoms with van der Waals surface area (Å²) in [5.74, 6) is -0.694. The quantitative estimate of drug-likeness (QED) is 0.327. The van der Waals surface area contributed by atoms with Gasteiger partial charge in [-0.3, -0.25) is 14.9 Å². The number of methoxy groups -OCH3 is 2. The van der Waals surface area contributed by atoms with Crippen LogP contribution in [0.1, 0.15) is 26.5 Å². The van der Waals surface area contributed by atoms with E-state index < -0.39 is 16.8 Å². The Kier molecular flexibility index (Phi) is 6.51. The molecule has 0 aliphatic carbocycles. The normalized spacial score (nSPS) is 10.3. The Labute approximate surface area is 176 Å². The van der Waals surface area contributed by atoms with Crippen molar-refractivity contribution < 1.29 is 33.1 Å².